The molecule has 1 heterocycles. The predicted molar refractivity (Wildman–Crippen MR) is 75.9 cm³/mol. The lowest BCUT2D eigenvalue weighted by molar-refractivity contribution is -0.137. The molecule has 1 saturated carbocycles. The minimum absolute atomic E-state index is 0.0130. The lowest BCUT2D eigenvalue weighted by Gasteiger charge is -2.28. The van der Waals surface area contributed by atoms with Crippen molar-refractivity contribution in [2.24, 2.45) is 5.92 Å². The Morgan fingerprint density at radius 2 is 2.24 bits per heavy atom. The fraction of sp³-hybridized carbons (Fsp3) is 0.643. The van der Waals surface area contributed by atoms with Gasteiger partial charge in [-0.2, -0.15) is 5.10 Å². The number of carboxylic acids is 1. The molecule has 1 aromatic heterocycles. The van der Waals surface area contributed by atoms with Crippen molar-refractivity contribution >= 4 is 17.6 Å². The van der Waals surface area contributed by atoms with Crippen molar-refractivity contribution in [2.75, 3.05) is 11.9 Å². The lowest BCUT2D eigenvalue weighted by atomic mass is 9.88. The molecule has 0 radical (unpaired) electrons. The zero-order chi connectivity index (χ0) is 15.2. The summed E-state index contributed by atoms with van der Waals surface area (Å²) in [6, 6.07) is 0. The summed E-state index contributed by atoms with van der Waals surface area (Å²) in [4.78, 5) is 22.3. The van der Waals surface area contributed by atoms with Crippen LogP contribution in [0.2, 0.25) is 0 Å². The first-order valence-electron chi connectivity index (χ1n) is 7.20. The first-order valence-corrected chi connectivity index (χ1v) is 7.20. The predicted octanol–water partition coefficient (Wildman–Crippen LogP) is 1.50. The van der Waals surface area contributed by atoms with Gasteiger partial charge in [0.2, 0.25) is 5.91 Å². The van der Waals surface area contributed by atoms with Gasteiger partial charge < -0.3 is 15.2 Å². The van der Waals surface area contributed by atoms with E-state index in [0.29, 0.717) is 11.6 Å². The van der Waals surface area contributed by atoms with E-state index in [2.05, 4.69) is 17.3 Å². The van der Waals surface area contributed by atoms with E-state index >= 15 is 0 Å². The van der Waals surface area contributed by atoms with Gasteiger partial charge in [-0.3, -0.25) is 14.3 Å². The van der Waals surface area contributed by atoms with E-state index < -0.39 is 5.97 Å². The molecule has 1 amide bonds. The molecule has 2 rings (SSSR count). The Bertz CT molecular complexity index is 500. The quantitative estimate of drug-likeness (QED) is 0.829. The molecular weight excluding hydrogens is 274 g/mol. The molecule has 7 nitrogen and oxygen atoms in total. The van der Waals surface area contributed by atoms with E-state index in [0.717, 1.165) is 19.3 Å². The Labute approximate surface area is 123 Å². The summed E-state index contributed by atoms with van der Waals surface area (Å²) in [6.45, 7) is 1.93. The lowest BCUT2D eigenvalue weighted by Crippen LogP contribution is -2.29. The number of nitrogens with zero attached hydrogens (tertiary/aromatic N) is 2. The highest BCUT2D eigenvalue weighted by molar-refractivity contribution is 5.91. The van der Waals surface area contributed by atoms with Crippen LogP contribution in [0.4, 0.5) is 5.69 Å². The van der Waals surface area contributed by atoms with Crippen LogP contribution in [0.25, 0.3) is 0 Å². The number of carbonyl (C=O) groups is 2. The van der Waals surface area contributed by atoms with Gasteiger partial charge in [0.15, 0.2) is 0 Å². The molecule has 2 atom stereocenters. The standard InChI is InChI=1S/C14H21N3O4/c1-10-4-2-3-5-12(10)21-9-13(18)16-11-6-15-17(7-11)8-14(19)20/h6-7,10,12H,2-5,8-9H2,1H3,(H,16,18)(H,19,20). The zero-order valence-corrected chi connectivity index (χ0v) is 12.1. The van der Waals surface area contributed by atoms with Crippen molar-refractivity contribution in [1.82, 2.24) is 9.78 Å². The van der Waals surface area contributed by atoms with Crippen molar-refractivity contribution in [3.8, 4) is 0 Å². The maximum atomic E-state index is 11.8. The van der Waals surface area contributed by atoms with Gasteiger partial charge in [0.1, 0.15) is 13.2 Å². The number of carboxylic acid groups (broad SMARTS) is 1. The van der Waals surface area contributed by atoms with Gasteiger partial charge in [-0.1, -0.05) is 19.8 Å². The van der Waals surface area contributed by atoms with Crippen LogP contribution < -0.4 is 5.32 Å². The highest BCUT2D eigenvalue weighted by Gasteiger charge is 2.22. The summed E-state index contributed by atoms with van der Waals surface area (Å²) in [5.41, 5.74) is 0.474. The number of hydrogen-bond acceptors (Lipinski definition) is 4. The van der Waals surface area contributed by atoms with Gasteiger partial charge in [0.25, 0.3) is 0 Å². The Morgan fingerprint density at radius 3 is 2.95 bits per heavy atom. The summed E-state index contributed by atoms with van der Waals surface area (Å²) < 4.78 is 6.92. The van der Waals surface area contributed by atoms with Crippen molar-refractivity contribution in [2.45, 2.75) is 45.3 Å². The first kappa shape index (κ1) is 15.5. The Kier molecular flexibility index (Phi) is 5.32. The van der Waals surface area contributed by atoms with Crippen LogP contribution in [0, 0.1) is 5.92 Å². The van der Waals surface area contributed by atoms with Gasteiger partial charge in [-0.15, -0.1) is 0 Å². The minimum atomic E-state index is -0.981. The number of carbonyl (C=O) groups excluding carboxylic acids is 1. The van der Waals surface area contributed by atoms with Gasteiger partial charge >= 0.3 is 5.97 Å². The van der Waals surface area contributed by atoms with Gasteiger partial charge in [-0.25, -0.2) is 0 Å². The van der Waals surface area contributed by atoms with Crippen LogP contribution in [0.15, 0.2) is 12.4 Å². The van der Waals surface area contributed by atoms with Gasteiger partial charge in [0, 0.05) is 6.20 Å². The second-order valence-electron chi connectivity index (χ2n) is 5.48. The Morgan fingerprint density at radius 1 is 1.48 bits per heavy atom. The number of amides is 1. The second-order valence-corrected chi connectivity index (χ2v) is 5.48. The second kappa shape index (κ2) is 7.21. The number of aromatic nitrogens is 2. The van der Waals surface area contributed by atoms with Gasteiger partial charge in [0.05, 0.1) is 18.0 Å². The third-order valence-electron chi connectivity index (χ3n) is 3.68. The minimum Gasteiger partial charge on any atom is -0.480 e. The molecular formula is C14H21N3O4. The topological polar surface area (TPSA) is 93.5 Å². The Balaban J connectivity index is 1.76. The third kappa shape index (κ3) is 4.86. The smallest absolute Gasteiger partial charge is 0.325 e. The van der Waals surface area contributed by atoms with Crippen LogP contribution in [-0.2, 0) is 20.9 Å². The molecule has 0 aliphatic heterocycles. The number of hydrogen-bond donors (Lipinski definition) is 2. The molecule has 21 heavy (non-hydrogen) atoms. The molecule has 1 aliphatic carbocycles. The maximum Gasteiger partial charge on any atom is 0.325 e. The van der Waals surface area contributed by atoms with Crippen molar-refractivity contribution in [3.63, 3.8) is 0 Å². The summed E-state index contributed by atoms with van der Waals surface area (Å²) in [7, 11) is 0. The molecule has 0 spiro atoms. The van der Waals surface area contributed by atoms with Crippen LogP contribution in [0.3, 0.4) is 0 Å². The molecule has 0 bridgehead atoms. The largest absolute Gasteiger partial charge is 0.480 e. The molecule has 2 N–H and O–H groups in total. The highest BCUT2D eigenvalue weighted by atomic mass is 16.5. The van der Waals surface area contributed by atoms with E-state index in [1.807, 2.05) is 0 Å². The summed E-state index contributed by atoms with van der Waals surface area (Å²) in [5, 5.41) is 15.1. The average molecular weight is 295 g/mol. The number of rotatable bonds is 6. The molecule has 7 heteroatoms. The van der Waals surface area contributed by atoms with E-state index in [1.54, 1.807) is 0 Å². The SMILES string of the molecule is CC1CCCCC1OCC(=O)Nc1cnn(CC(=O)O)c1. The monoisotopic (exact) mass is 295 g/mol. The fourth-order valence-electron chi connectivity index (χ4n) is 2.56. The van der Waals surface area contributed by atoms with E-state index in [1.165, 1.54) is 23.5 Å². The van der Waals surface area contributed by atoms with Crippen molar-refractivity contribution in [1.29, 1.82) is 0 Å². The number of nitrogens with one attached hydrogen (secondary N) is 1. The zero-order valence-electron chi connectivity index (χ0n) is 12.1. The molecule has 1 aliphatic rings. The van der Waals surface area contributed by atoms with E-state index in [4.69, 9.17) is 9.84 Å². The fourth-order valence-corrected chi connectivity index (χ4v) is 2.56. The van der Waals surface area contributed by atoms with Gasteiger partial charge in [-0.05, 0) is 18.8 Å². The number of aliphatic carboxylic acids is 1. The van der Waals surface area contributed by atoms with Crippen LogP contribution in [0.5, 0.6) is 0 Å². The number of ether oxygens (including phenoxy) is 1. The Hall–Kier alpha value is -1.89. The number of anilines is 1. The van der Waals surface area contributed by atoms with Crippen molar-refractivity contribution < 1.29 is 19.4 Å². The van der Waals surface area contributed by atoms with E-state index in [9.17, 15) is 9.59 Å². The molecule has 2 unspecified atom stereocenters. The molecule has 0 aromatic carbocycles. The molecule has 1 fully saturated rings. The van der Waals surface area contributed by atoms with Crippen LogP contribution in [0.1, 0.15) is 32.6 Å². The van der Waals surface area contributed by atoms with Crippen LogP contribution >= 0.6 is 0 Å². The summed E-state index contributed by atoms with van der Waals surface area (Å²) in [5.74, 6) is -0.738. The van der Waals surface area contributed by atoms with E-state index in [-0.39, 0.29) is 25.2 Å². The van der Waals surface area contributed by atoms with Crippen LogP contribution in [-0.4, -0.2) is 39.5 Å². The normalized spacial score (nSPS) is 22.0. The average Bonchev–Trinajstić information content (AvgIpc) is 2.84. The van der Waals surface area contributed by atoms with Crippen molar-refractivity contribution in [3.05, 3.63) is 12.4 Å². The third-order valence-corrected chi connectivity index (χ3v) is 3.68. The maximum absolute atomic E-state index is 11.8. The molecule has 1 aromatic rings. The molecule has 116 valence electrons. The summed E-state index contributed by atoms with van der Waals surface area (Å²) in [6.07, 6.45) is 7.59. The highest BCUT2D eigenvalue weighted by Crippen LogP contribution is 2.26. The first-order chi connectivity index (χ1) is 10.0. The molecule has 0 saturated heterocycles. The summed E-state index contributed by atoms with van der Waals surface area (Å²) >= 11 is 0.